The van der Waals surface area contributed by atoms with Gasteiger partial charge in [-0.2, -0.15) is 26.3 Å². The molecule has 0 spiro atoms. The number of fused-ring (bicyclic) bond motifs is 2. The maximum atomic E-state index is 13.2. The minimum atomic E-state index is -4.43. The van der Waals surface area contributed by atoms with Crippen LogP contribution in [0.2, 0.25) is 0 Å². The van der Waals surface area contributed by atoms with Crippen molar-refractivity contribution in [2.75, 3.05) is 46.6 Å². The van der Waals surface area contributed by atoms with Crippen LogP contribution < -0.4 is 42.4 Å². The van der Waals surface area contributed by atoms with E-state index in [1.54, 1.807) is 36.4 Å². The average Bonchev–Trinajstić information content (AvgIpc) is 3.99. The number of hydrogen-bond donors (Lipinski definition) is 8. The molecule has 6 aromatic rings. The zero-order valence-electron chi connectivity index (χ0n) is 32.5. The van der Waals surface area contributed by atoms with Gasteiger partial charge < -0.3 is 51.0 Å². The normalized spacial score (nSPS) is 14.5. The van der Waals surface area contributed by atoms with Gasteiger partial charge in [-0.25, -0.2) is 19.2 Å². The molecule has 0 saturated carbocycles. The number of nitrogens with one attached hydrogen (secondary N) is 8. The van der Waals surface area contributed by atoms with E-state index in [1.165, 1.54) is 12.1 Å². The number of benzene rings is 4. The van der Waals surface area contributed by atoms with E-state index >= 15 is 0 Å². The number of urea groups is 2. The molecule has 2 aliphatic rings. The Morgan fingerprint density at radius 3 is 1.33 bits per heavy atom. The number of carbonyl (C=O) groups is 2. The van der Waals surface area contributed by atoms with Crippen molar-refractivity contribution >= 4 is 56.9 Å². The zero-order chi connectivity index (χ0) is 43.3. The van der Waals surface area contributed by atoms with Crippen LogP contribution in [0.3, 0.4) is 0 Å². The molecule has 4 amide bonds. The maximum absolute atomic E-state index is 13.2. The summed E-state index contributed by atoms with van der Waals surface area (Å²) in [6.45, 7) is 2.87. The number of alkyl halides is 6. The molecule has 2 saturated heterocycles. The number of aromatic amines is 4. The Labute approximate surface area is 343 Å². The van der Waals surface area contributed by atoms with Crippen LogP contribution in [0, 0.1) is 0 Å². The van der Waals surface area contributed by atoms with Crippen molar-refractivity contribution in [3.8, 4) is 0 Å². The SMILES string of the molecule is O=C(NCc1ccc(C(F)(F)F)cc1N1CCCC1)Nc1cccc2[nH]c(=O)[nH]c12.O=C(NCc1ccc(C(F)(F)F)cc1N1CCCCC1)Nc1cccc2[nH]c(=O)[nH]c12. The lowest BCUT2D eigenvalue weighted by Gasteiger charge is -2.31. The van der Waals surface area contributed by atoms with Gasteiger partial charge >= 0.3 is 35.8 Å². The Bertz CT molecular complexity index is 2640. The molecule has 2 aromatic heterocycles. The number of halogens is 6. The van der Waals surface area contributed by atoms with Gasteiger partial charge in [0.15, 0.2) is 0 Å². The third-order valence-electron chi connectivity index (χ3n) is 10.4. The molecule has 0 aliphatic carbocycles. The number of carbonyl (C=O) groups excluding carboxylic acids is 2. The third-order valence-corrected chi connectivity index (χ3v) is 10.4. The lowest BCUT2D eigenvalue weighted by molar-refractivity contribution is -0.138. The molecule has 61 heavy (non-hydrogen) atoms. The van der Waals surface area contributed by atoms with Gasteiger partial charge in [-0.1, -0.05) is 24.3 Å². The van der Waals surface area contributed by atoms with Crippen LogP contribution in [0.4, 0.5) is 58.7 Å². The van der Waals surface area contributed by atoms with Gasteiger partial charge in [0.1, 0.15) is 0 Å². The van der Waals surface area contributed by atoms with E-state index in [0.717, 1.165) is 56.4 Å². The summed E-state index contributed by atoms with van der Waals surface area (Å²) in [7, 11) is 0. The summed E-state index contributed by atoms with van der Waals surface area (Å²) in [4.78, 5) is 62.1. The molecule has 8 rings (SSSR count). The second-order valence-corrected chi connectivity index (χ2v) is 14.7. The predicted octanol–water partition coefficient (Wildman–Crippen LogP) is 7.98. The molecule has 4 heterocycles. The molecular formula is C41H42F6N10O4. The molecule has 0 radical (unpaired) electrons. The van der Waals surface area contributed by atoms with Crippen LogP contribution in [0.15, 0.2) is 82.4 Å². The third kappa shape index (κ3) is 10.3. The number of aromatic nitrogens is 4. The van der Waals surface area contributed by atoms with Crippen LogP contribution in [-0.2, 0) is 25.4 Å². The predicted molar refractivity (Wildman–Crippen MR) is 220 cm³/mol. The van der Waals surface area contributed by atoms with Crippen molar-refractivity contribution in [1.29, 1.82) is 0 Å². The minimum Gasteiger partial charge on any atom is -0.371 e. The summed E-state index contributed by atoms with van der Waals surface area (Å²) in [6, 6.07) is 16.2. The largest absolute Gasteiger partial charge is 0.416 e. The van der Waals surface area contributed by atoms with Crippen LogP contribution in [0.25, 0.3) is 22.1 Å². The smallest absolute Gasteiger partial charge is 0.371 e. The number of H-pyrrole nitrogens is 4. The minimum absolute atomic E-state index is 0.0649. The molecule has 2 fully saturated rings. The molecule has 0 unspecified atom stereocenters. The zero-order valence-corrected chi connectivity index (χ0v) is 32.5. The van der Waals surface area contributed by atoms with E-state index in [4.69, 9.17) is 0 Å². The first-order valence-corrected chi connectivity index (χ1v) is 19.5. The molecule has 4 aromatic carbocycles. The fourth-order valence-electron chi connectivity index (χ4n) is 7.47. The van der Waals surface area contributed by atoms with Crippen molar-refractivity contribution in [2.45, 2.75) is 57.5 Å². The first kappa shape index (κ1) is 42.3. The van der Waals surface area contributed by atoms with E-state index in [-0.39, 0.29) is 24.5 Å². The highest BCUT2D eigenvalue weighted by Crippen LogP contribution is 2.36. The molecule has 322 valence electrons. The van der Waals surface area contributed by atoms with Crippen LogP contribution in [0.5, 0.6) is 0 Å². The average molecular weight is 853 g/mol. The fraction of sp³-hybridized carbons (Fsp3) is 0.317. The van der Waals surface area contributed by atoms with Gasteiger partial charge in [0, 0.05) is 50.6 Å². The number of hydrogen-bond acceptors (Lipinski definition) is 6. The Kier molecular flexibility index (Phi) is 12.3. The van der Waals surface area contributed by atoms with E-state index in [1.807, 2.05) is 9.80 Å². The lowest BCUT2D eigenvalue weighted by Crippen LogP contribution is -2.33. The van der Waals surface area contributed by atoms with Crippen LogP contribution in [0.1, 0.15) is 54.4 Å². The topological polar surface area (TPSA) is 186 Å². The van der Waals surface area contributed by atoms with Crippen molar-refractivity contribution in [3.05, 3.63) is 116 Å². The van der Waals surface area contributed by atoms with Crippen molar-refractivity contribution in [2.24, 2.45) is 0 Å². The van der Waals surface area contributed by atoms with E-state index in [0.29, 0.717) is 82.1 Å². The van der Waals surface area contributed by atoms with Crippen LogP contribution in [-0.4, -0.2) is 58.2 Å². The number of anilines is 4. The van der Waals surface area contributed by atoms with Gasteiger partial charge in [0.25, 0.3) is 0 Å². The summed E-state index contributed by atoms with van der Waals surface area (Å²) < 4.78 is 79.1. The first-order chi connectivity index (χ1) is 29.1. The number of para-hydroxylation sites is 2. The van der Waals surface area contributed by atoms with Gasteiger partial charge in [-0.15, -0.1) is 0 Å². The summed E-state index contributed by atoms with van der Waals surface area (Å²) in [5.74, 6) is 0. The van der Waals surface area contributed by atoms with E-state index in [9.17, 15) is 45.5 Å². The summed E-state index contributed by atoms with van der Waals surface area (Å²) in [5.41, 5.74) is 2.86. The first-order valence-electron chi connectivity index (χ1n) is 19.5. The highest BCUT2D eigenvalue weighted by molar-refractivity contribution is 5.99. The second-order valence-electron chi connectivity index (χ2n) is 14.7. The maximum Gasteiger partial charge on any atom is 0.416 e. The Hall–Kier alpha value is -6.86. The number of amides is 4. The molecule has 20 heteroatoms. The van der Waals surface area contributed by atoms with E-state index in [2.05, 4.69) is 41.2 Å². The van der Waals surface area contributed by atoms with Gasteiger partial charge in [-0.3, -0.25) is 0 Å². The molecule has 0 atom stereocenters. The highest BCUT2D eigenvalue weighted by Gasteiger charge is 2.33. The van der Waals surface area contributed by atoms with Crippen molar-refractivity contribution in [3.63, 3.8) is 0 Å². The second kappa shape index (κ2) is 17.8. The standard InChI is InChI=1S/C21H22F3N5O2.C20H20F3N5O2/c22-21(23,24)14-8-7-13(17(11-14)29-9-2-1-3-10-29)12-25-19(30)26-15-5-4-6-16-18(15)28-20(31)27-16;21-20(22,23)13-7-6-12(16(10-13)28-8-1-2-9-28)11-24-18(29)25-14-4-3-5-15-17(14)27-19(30)26-15/h4-8,11H,1-3,9-10,12H2,(H2,25,26,30)(H2,27,28,31);3-7,10H,1-2,8-9,11H2,(H2,24,25,29)(H2,26,27,30). The highest BCUT2D eigenvalue weighted by atomic mass is 19.4. The molecular weight excluding hydrogens is 811 g/mol. The van der Waals surface area contributed by atoms with E-state index < -0.39 is 35.5 Å². The fourth-order valence-corrected chi connectivity index (χ4v) is 7.47. The monoisotopic (exact) mass is 852 g/mol. The molecule has 8 N–H and O–H groups in total. The number of imidazole rings is 2. The van der Waals surface area contributed by atoms with Crippen LogP contribution >= 0.6 is 0 Å². The number of nitrogens with zero attached hydrogens (tertiary/aromatic N) is 2. The van der Waals surface area contributed by atoms with Crippen molar-refractivity contribution < 1.29 is 35.9 Å². The number of piperidine rings is 1. The Morgan fingerprint density at radius 2 is 0.934 bits per heavy atom. The summed E-state index contributed by atoms with van der Waals surface area (Å²) in [5, 5.41) is 10.7. The molecule has 2 aliphatic heterocycles. The van der Waals surface area contributed by atoms with Gasteiger partial charge in [0.2, 0.25) is 0 Å². The van der Waals surface area contributed by atoms with Crippen molar-refractivity contribution in [1.82, 2.24) is 30.6 Å². The molecule has 0 bridgehead atoms. The Morgan fingerprint density at radius 1 is 0.541 bits per heavy atom. The number of rotatable bonds is 8. The Balaban J connectivity index is 0.000000184. The summed E-state index contributed by atoms with van der Waals surface area (Å²) >= 11 is 0. The quantitative estimate of drug-likeness (QED) is 0.0718. The molecule has 14 nitrogen and oxygen atoms in total. The lowest BCUT2D eigenvalue weighted by atomic mass is 10.0. The van der Waals surface area contributed by atoms with Gasteiger partial charge in [0.05, 0.1) is 44.6 Å². The summed E-state index contributed by atoms with van der Waals surface area (Å²) in [6.07, 6.45) is -4.13. The van der Waals surface area contributed by atoms with Gasteiger partial charge in [-0.05, 0) is 91.8 Å².